The summed E-state index contributed by atoms with van der Waals surface area (Å²) in [5.41, 5.74) is 3.86. The molecule has 4 rings (SSSR count). The van der Waals surface area contributed by atoms with E-state index in [4.69, 9.17) is 10.1 Å². The number of carbonyl (C=O) groups excluding carboxylic acids is 1. The average molecular weight is 507 g/mol. The Morgan fingerprint density at radius 3 is 2.32 bits per heavy atom. The summed E-state index contributed by atoms with van der Waals surface area (Å²) in [5.74, 6) is -0.123. The minimum atomic E-state index is -1.63. The molecule has 8 heteroatoms. The molecule has 2 aromatic carbocycles. The Kier molecular flexibility index (Phi) is 7.87. The highest BCUT2D eigenvalue weighted by molar-refractivity contribution is 5.94. The summed E-state index contributed by atoms with van der Waals surface area (Å²) in [4.78, 5) is 30.6. The van der Waals surface area contributed by atoms with Crippen LogP contribution < -0.4 is 10.2 Å². The summed E-state index contributed by atoms with van der Waals surface area (Å²) in [5, 5.41) is 20.7. The van der Waals surface area contributed by atoms with Crippen molar-refractivity contribution in [3.05, 3.63) is 59.7 Å². The van der Waals surface area contributed by atoms with Crippen LogP contribution in [0.1, 0.15) is 62.4 Å². The summed E-state index contributed by atoms with van der Waals surface area (Å²) >= 11 is 0. The Morgan fingerprint density at radius 2 is 1.73 bits per heavy atom. The molecule has 0 spiro atoms. The fraction of sp³-hybridized carbons (Fsp3) is 0.483. The van der Waals surface area contributed by atoms with Gasteiger partial charge in [0, 0.05) is 25.2 Å². The highest BCUT2D eigenvalue weighted by Crippen LogP contribution is 2.40. The number of nitrogens with one attached hydrogen (secondary N) is 1. The Morgan fingerprint density at radius 1 is 1.08 bits per heavy atom. The third-order valence-electron chi connectivity index (χ3n) is 7.69. The monoisotopic (exact) mass is 506 g/mol. The Bertz CT molecular complexity index is 1240. The summed E-state index contributed by atoms with van der Waals surface area (Å²) in [6, 6.07) is 15.9. The van der Waals surface area contributed by atoms with E-state index in [2.05, 4.69) is 48.7 Å². The van der Waals surface area contributed by atoms with Gasteiger partial charge >= 0.3 is 5.97 Å². The standard InChI is InChI=1S/C29H38N4O4/c1-29(2,3)21-13-15-22(16-14-21)33(28-31-23-7-5-6-8-24(23)32(28)4)18-19-9-11-20(12-10-19)26(35)30-17-25(34)27(36)37/h5-12,21-22,25,34H,13-18H2,1-4H3,(H,30,35)(H,36,37)/t21?,22?,25-/m1/s1. The van der Waals surface area contributed by atoms with Crippen molar-refractivity contribution in [3.63, 3.8) is 0 Å². The molecule has 198 valence electrons. The maximum atomic E-state index is 12.4. The van der Waals surface area contributed by atoms with E-state index in [-0.39, 0.29) is 6.54 Å². The zero-order valence-electron chi connectivity index (χ0n) is 22.1. The van der Waals surface area contributed by atoms with Crippen molar-refractivity contribution in [2.75, 3.05) is 11.4 Å². The van der Waals surface area contributed by atoms with Crippen molar-refractivity contribution in [1.29, 1.82) is 0 Å². The Hall–Kier alpha value is -3.39. The number of aryl methyl sites for hydroxylation is 1. The van der Waals surface area contributed by atoms with Gasteiger partial charge in [0.25, 0.3) is 5.91 Å². The van der Waals surface area contributed by atoms with Gasteiger partial charge in [0.05, 0.1) is 17.6 Å². The number of amides is 1. The van der Waals surface area contributed by atoms with Gasteiger partial charge in [0.1, 0.15) is 0 Å². The van der Waals surface area contributed by atoms with Gasteiger partial charge in [-0.1, -0.05) is 45.0 Å². The zero-order valence-corrected chi connectivity index (χ0v) is 22.1. The number of hydrogen-bond acceptors (Lipinski definition) is 5. The molecule has 3 N–H and O–H groups in total. The number of benzene rings is 2. The zero-order chi connectivity index (χ0) is 26.7. The number of aromatic nitrogens is 2. The smallest absolute Gasteiger partial charge is 0.334 e. The van der Waals surface area contributed by atoms with Crippen molar-refractivity contribution >= 4 is 28.9 Å². The predicted octanol–water partition coefficient (Wildman–Crippen LogP) is 4.36. The molecule has 37 heavy (non-hydrogen) atoms. The van der Waals surface area contributed by atoms with Crippen molar-refractivity contribution in [1.82, 2.24) is 14.9 Å². The predicted molar refractivity (Wildman–Crippen MR) is 145 cm³/mol. The molecule has 1 aromatic heterocycles. The SMILES string of the molecule is Cn1c(N(Cc2ccc(C(=O)NC[C@@H](O)C(=O)O)cc2)C2CCC(C(C)(C)C)CC2)nc2ccccc21. The lowest BCUT2D eigenvalue weighted by atomic mass is 9.71. The first-order valence-electron chi connectivity index (χ1n) is 13.0. The van der Waals surface area contributed by atoms with E-state index in [0.29, 0.717) is 29.5 Å². The number of nitrogens with zero attached hydrogens (tertiary/aromatic N) is 3. The van der Waals surface area contributed by atoms with Crippen LogP contribution in [0.4, 0.5) is 5.95 Å². The lowest BCUT2D eigenvalue weighted by Crippen LogP contribution is -2.41. The number of fused-ring (bicyclic) bond motifs is 1. The number of aliphatic carboxylic acids is 1. The second-order valence-electron chi connectivity index (χ2n) is 11.2. The highest BCUT2D eigenvalue weighted by atomic mass is 16.4. The van der Waals surface area contributed by atoms with Gasteiger partial charge in [-0.15, -0.1) is 0 Å². The molecule has 0 unspecified atom stereocenters. The third kappa shape index (κ3) is 6.13. The molecule has 1 saturated carbocycles. The van der Waals surface area contributed by atoms with Crippen molar-refractivity contribution in [2.24, 2.45) is 18.4 Å². The summed E-state index contributed by atoms with van der Waals surface area (Å²) in [6.45, 7) is 7.33. The lowest BCUT2D eigenvalue weighted by Gasteiger charge is -2.41. The van der Waals surface area contributed by atoms with Crippen molar-refractivity contribution < 1.29 is 19.8 Å². The molecule has 1 fully saturated rings. The number of carbonyl (C=O) groups is 2. The average Bonchev–Trinajstić information content (AvgIpc) is 3.21. The Labute approximate surface area is 218 Å². The van der Waals surface area contributed by atoms with Gasteiger partial charge in [-0.05, 0) is 66.8 Å². The first kappa shape index (κ1) is 26.7. The van der Waals surface area contributed by atoms with E-state index in [1.807, 2.05) is 30.3 Å². The molecule has 1 heterocycles. The number of anilines is 1. The minimum Gasteiger partial charge on any atom is -0.479 e. The lowest BCUT2D eigenvalue weighted by molar-refractivity contribution is -0.146. The number of carboxylic acid groups (broad SMARTS) is 1. The summed E-state index contributed by atoms with van der Waals surface area (Å²) < 4.78 is 2.17. The summed E-state index contributed by atoms with van der Waals surface area (Å²) in [7, 11) is 2.07. The van der Waals surface area contributed by atoms with E-state index < -0.39 is 18.0 Å². The van der Waals surface area contributed by atoms with Crippen LogP contribution in [0.15, 0.2) is 48.5 Å². The Balaban J connectivity index is 1.54. The topological polar surface area (TPSA) is 108 Å². The van der Waals surface area contributed by atoms with Crippen molar-refractivity contribution in [2.45, 2.75) is 65.1 Å². The molecule has 0 radical (unpaired) electrons. The number of rotatable bonds is 8. The van der Waals surface area contributed by atoms with Gasteiger partial charge in [-0.2, -0.15) is 0 Å². The van der Waals surface area contributed by atoms with E-state index in [1.165, 1.54) is 12.8 Å². The molecule has 1 atom stereocenters. The molecule has 0 saturated heterocycles. The number of hydrogen-bond donors (Lipinski definition) is 3. The normalized spacial score (nSPS) is 18.9. The van der Waals surface area contributed by atoms with E-state index >= 15 is 0 Å². The van der Waals surface area contributed by atoms with Gasteiger partial charge < -0.3 is 25.0 Å². The van der Waals surface area contributed by atoms with Gasteiger partial charge in [0.15, 0.2) is 6.10 Å². The molecule has 0 bridgehead atoms. The van der Waals surface area contributed by atoms with E-state index in [0.717, 1.165) is 35.4 Å². The largest absolute Gasteiger partial charge is 0.479 e. The van der Waals surface area contributed by atoms with Crippen LogP contribution in [0.2, 0.25) is 0 Å². The van der Waals surface area contributed by atoms with Crippen LogP contribution in [-0.4, -0.2) is 50.3 Å². The van der Waals surface area contributed by atoms with Gasteiger partial charge in [0.2, 0.25) is 5.95 Å². The van der Waals surface area contributed by atoms with Crippen LogP contribution >= 0.6 is 0 Å². The molecule has 8 nitrogen and oxygen atoms in total. The molecular weight excluding hydrogens is 468 g/mol. The van der Waals surface area contributed by atoms with Crippen LogP contribution in [0, 0.1) is 11.3 Å². The quantitative estimate of drug-likeness (QED) is 0.419. The first-order valence-corrected chi connectivity index (χ1v) is 13.0. The fourth-order valence-electron chi connectivity index (χ4n) is 5.34. The fourth-order valence-corrected chi connectivity index (χ4v) is 5.34. The number of imidazole rings is 1. The van der Waals surface area contributed by atoms with Gasteiger partial charge in [-0.25, -0.2) is 9.78 Å². The van der Waals surface area contributed by atoms with E-state index in [1.54, 1.807) is 12.1 Å². The molecule has 1 aliphatic carbocycles. The van der Waals surface area contributed by atoms with Gasteiger partial charge in [-0.3, -0.25) is 4.79 Å². The second-order valence-corrected chi connectivity index (χ2v) is 11.2. The maximum absolute atomic E-state index is 12.4. The number of para-hydroxylation sites is 2. The molecular formula is C29H38N4O4. The molecule has 1 amide bonds. The number of carboxylic acids is 1. The molecule has 0 aliphatic heterocycles. The van der Waals surface area contributed by atoms with E-state index in [9.17, 15) is 14.7 Å². The first-order chi connectivity index (χ1) is 17.5. The van der Waals surface area contributed by atoms with Crippen LogP contribution in [-0.2, 0) is 18.4 Å². The summed E-state index contributed by atoms with van der Waals surface area (Å²) in [6.07, 6.45) is 2.97. The van der Waals surface area contributed by atoms with Crippen LogP contribution in [0.3, 0.4) is 0 Å². The van der Waals surface area contributed by atoms with Crippen LogP contribution in [0.5, 0.6) is 0 Å². The third-order valence-corrected chi connectivity index (χ3v) is 7.69. The molecule has 1 aliphatic rings. The second kappa shape index (κ2) is 10.9. The van der Waals surface area contributed by atoms with Crippen LogP contribution in [0.25, 0.3) is 11.0 Å². The minimum absolute atomic E-state index is 0.310. The highest BCUT2D eigenvalue weighted by Gasteiger charge is 2.33. The molecule has 3 aromatic rings. The van der Waals surface area contributed by atoms with Crippen molar-refractivity contribution in [3.8, 4) is 0 Å². The number of aliphatic hydroxyl groups is 1. The maximum Gasteiger partial charge on any atom is 0.334 e. The number of aliphatic hydroxyl groups excluding tert-OH is 1.